The number of ether oxygens (including phenoxy) is 1. The van der Waals surface area contributed by atoms with Gasteiger partial charge in [-0.15, -0.1) is 0 Å². The van der Waals surface area contributed by atoms with Crippen molar-refractivity contribution in [1.82, 2.24) is 10.6 Å². The Labute approximate surface area is 161 Å². The lowest BCUT2D eigenvalue weighted by molar-refractivity contribution is 0.120. The van der Waals surface area contributed by atoms with Crippen molar-refractivity contribution >= 4 is 5.96 Å². The van der Waals surface area contributed by atoms with Gasteiger partial charge in [-0.2, -0.15) is 0 Å². The number of guanidine groups is 1. The fourth-order valence-corrected chi connectivity index (χ4v) is 3.19. The van der Waals surface area contributed by atoms with E-state index < -0.39 is 0 Å². The van der Waals surface area contributed by atoms with Crippen molar-refractivity contribution in [2.45, 2.75) is 51.3 Å². The molecule has 5 heteroatoms. The summed E-state index contributed by atoms with van der Waals surface area (Å²) >= 11 is 0. The summed E-state index contributed by atoms with van der Waals surface area (Å²) in [5.74, 6) is 2.49. The number of aliphatic hydroxyl groups excluding tert-OH is 1. The van der Waals surface area contributed by atoms with Gasteiger partial charge in [0.25, 0.3) is 0 Å². The number of nitrogens with zero attached hydrogens (tertiary/aromatic N) is 1. The quantitative estimate of drug-likeness (QED) is 0.536. The number of benzene rings is 2. The average molecular weight is 367 g/mol. The van der Waals surface area contributed by atoms with Crippen LogP contribution in [0.25, 0.3) is 0 Å². The van der Waals surface area contributed by atoms with Crippen LogP contribution in [0, 0.1) is 0 Å². The van der Waals surface area contributed by atoms with Gasteiger partial charge in [-0.25, -0.2) is 4.99 Å². The molecule has 0 radical (unpaired) electrons. The van der Waals surface area contributed by atoms with E-state index in [0.29, 0.717) is 12.6 Å². The number of para-hydroxylation sites is 1. The van der Waals surface area contributed by atoms with E-state index >= 15 is 0 Å². The van der Waals surface area contributed by atoms with Gasteiger partial charge >= 0.3 is 0 Å². The van der Waals surface area contributed by atoms with Crippen molar-refractivity contribution in [2.75, 3.05) is 6.54 Å². The molecule has 1 aliphatic carbocycles. The maximum Gasteiger partial charge on any atom is 0.191 e. The third-order valence-corrected chi connectivity index (χ3v) is 4.70. The smallest absolute Gasteiger partial charge is 0.191 e. The standard InChI is InChI=1S/C22H29N3O2/c1-2-23-22(25-18-10-12-19(26)13-11-18)24-16-17-8-14-21(15-9-17)27-20-6-4-3-5-7-20/h3-9,14-15,18-19,26H,2,10-13,16H2,1H3,(H2,23,24,25). The van der Waals surface area contributed by atoms with Crippen molar-refractivity contribution in [3.05, 3.63) is 60.2 Å². The van der Waals surface area contributed by atoms with E-state index in [4.69, 9.17) is 9.73 Å². The second-order valence-corrected chi connectivity index (χ2v) is 6.90. The van der Waals surface area contributed by atoms with Gasteiger partial charge < -0.3 is 20.5 Å². The highest BCUT2D eigenvalue weighted by Crippen LogP contribution is 2.21. The molecule has 0 atom stereocenters. The lowest BCUT2D eigenvalue weighted by Gasteiger charge is -2.27. The molecule has 0 amide bonds. The predicted octanol–water partition coefficient (Wildman–Crippen LogP) is 3.84. The van der Waals surface area contributed by atoms with Gasteiger partial charge in [0, 0.05) is 12.6 Å². The number of nitrogens with one attached hydrogen (secondary N) is 2. The van der Waals surface area contributed by atoms with Crippen molar-refractivity contribution in [1.29, 1.82) is 0 Å². The molecular formula is C22H29N3O2. The topological polar surface area (TPSA) is 65.9 Å². The zero-order valence-corrected chi connectivity index (χ0v) is 15.9. The Morgan fingerprint density at radius 1 is 1.00 bits per heavy atom. The molecule has 0 saturated heterocycles. The molecule has 3 rings (SSSR count). The normalized spacial score (nSPS) is 20.1. The highest BCUT2D eigenvalue weighted by atomic mass is 16.5. The van der Waals surface area contributed by atoms with Crippen LogP contribution in [-0.2, 0) is 6.54 Å². The van der Waals surface area contributed by atoms with E-state index in [1.54, 1.807) is 0 Å². The average Bonchev–Trinajstić information content (AvgIpc) is 2.70. The molecule has 1 saturated carbocycles. The van der Waals surface area contributed by atoms with Crippen molar-refractivity contribution in [3.63, 3.8) is 0 Å². The van der Waals surface area contributed by atoms with Crippen LogP contribution in [-0.4, -0.2) is 29.8 Å². The summed E-state index contributed by atoms with van der Waals surface area (Å²) in [6.07, 6.45) is 3.55. The summed E-state index contributed by atoms with van der Waals surface area (Å²) in [5.41, 5.74) is 1.13. The van der Waals surface area contributed by atoms with Gasteiger partial charge in [-0.3, -0.25) is 0 Å². The van der Waals surface area contributed by atoms with Gasteiger partial charge in [-0.1, -0.05) is 30.3 Å². The number of aliphatic hydroxyl groups is 1. The first-order chi connectivity index (χ1) is 13.2. The third kappa shape index (κ3) is 6.29. The SMILES string of the molecule is CCNC(=NCc1ccc(Oc2ccccc2)cc1)NC1CCC(O)CC1. The maximum atomic E-state index is 9.65. The third-order valence-electron chi connectivity index (χ3n) is 4.70. The highest BCUT2D eigenvalue weighted by molar-refractivity contribution is 5.80. The zero-order chi connectivity index (χ0) is 18.9. The second-order valence-electron chi connectivity index (χ2n) is 6.90. The molecule has 5 nitrogen and oxygen atoms in total. The molecule has 0 aromatic heterocycles. The molecule has 1 fully saturated rings. The molecule has 27 heavy (non-hydrogen) atoms. The van der Waals surface area contributed by atoms with Crippen LogP contribution in [0.2, 0.25) is 0 Å². The Bertz CT molecular complexity index is 708. The lowest BCUT2D eigenvalue weighted by atomic mass is 9.93. The van der Waals surface area contributed by atoms with Gasteiger partial charge in [-0.05, 0) is 62.4 Å². The molecule has 0 aliphatic heterocycles. The van der Waals surface area contributed by atoms with E-state index in [1.165, 1.54) is 0 Å². The van der Waals surface area contributed by atoms with Crippen LogP contribution in [0.1, 0.15) is 38.2 Å². The first-order valence-corrected chi connectivity index (χ1v) is 9.77. The van der Waals surface area contributed by atoms with Crippen LogP contribution in [0.3, 0.4) is 0 Å². The number of hydrogen-bond acceptors (Lipinski definition) is 3. The van der Waals surface area contributed by atoms with Crippen molar-refractivity contribution < 1.29 is 9.84 Å². The highest BCUT2D eigenvalue weighted by Gasteiger charge is 2.19. The van der Waals surface area contributed by atoms with E-state index in [0.717, 1.165) is 55.3 Å². The zero-order valence-electron chi connectivity index (χ0n) is 15.9. The summed E-state index contributed by atoms with van der Waals surface area (Å²) < 4.78 is 5.83. The first-order valence-electron chi connectivity index (χ1n) is 9.77. The molecule has 0 bridgehead atoms. The molecule has 0 heterocycles. The summed E-state index contributed by atoms with van der Waals surface area (Å²) in [6.45, 7) is 3.50. The number of rotatable bonds is 6. The number of aliphatic imine (C=N–C) groups is 1. The summed E-state index contributed by atoms with van der Waals surface area (Å²) in [5, 5.41) is 16.5. The van der Waals surface area contributed by atoms with E-state index in [9.17, 15) is 5.11 Å². The van der Waals surface area contributed by atoms with Gasteiger partial charge in [0.2, 0.25) is 0 Å². The summed E-state index contributed by atoms with van der Waals surface area (Å²) in [7, 11) is 0. The lowest BCUT2D eigenvalue weighted by Crippen LogP contribution is -2.45. The Balaban J connectivity index is 1.55. The molecule has 144 valence electrons. The second kappa shape index (κ2) is 9.97. The van der Waals surface area contributed by atoms with Gasteiger partial charge in [0.05, 0.1) is 12.6 Å². The molecule has 1 aliphatic rings. The molecular weight excluding hydrogens is 338 g/mol. The summed E-state index contributed by atoms with van der Waals surface area (Å²) in [4.78, 5) is 4.70. The molecule has 0 spiro atoms. The molecule has 2 aromatic carbocycles. The first kappa shape index (κ1) is 19.2. The van der Waals surface area contributed by atoms with Crippen LogP contribution < -0.4 is 15.4 Å². The Kier molecular flexibility index (Phi) is 7.11. The minimum Gasteiger partial charge on any atom is -0.457 e. The fraction of sp³-hybridized carbons (Fsp3) is 0.409. The van der Waals surface area contributed by atoms with Gasteiger partial charge in [0.15, 0.2) is 5.96 Å². The molecule has 3 N–H and O–H groups in total. The predicted molar refractivity (Wildman–Crippen MR) is 109 cm³/mol. The maximum absolute atomic E-state index is 9.65. The van der Waals surface area contributed by atoms with Crippen molar-refractivity contribution in [2.24, 2.45) is 4.99 Å². The monoisotopic (exact) mass is 367 g/mol. The van der Waals surface area contributed by atoms with E-state index in [-0.39, 0.29) is 6.10 Å². The minimum absolute atomic E-state index is 0.140. The van der Waals surface area contributed by atoms with E-state index in [1.807, 2.05) is 54.6 Å². The van der Waals surface area contributed by atoms with Crippen molar-refractivity contribution in [3.8, 4) is 11.5 Å². The van der Waals surface area contributed by atoms with Crippen LogP contribution in [0.15, 0.2) is 59.6 Å². The largest absolute Gasteiger partial charge is 0.457 e. The summed E-state index contributed by atoms with van der Waals surface area (Å²) in [6, 6.07) is 18.2. The number of hydrogen-bond donors (Lipinski definition) is 3. The Morgan fingerprint density at radius 2 is 1.67 bits per heavy atom. The fourth-order valence-electron chi connectivity index (χ4n) is 3.19. The Hall–Kier alpha value is -2.53. The molecule has 0 unspecified atom stereocenters. The Morgan fingerprint density at radius 3 is 2.33 bits per heavy atom. The van der Waals surface area contributed by atoms with E-state index in [2.05, 4.69) is 17.6 Å². The van der Waals surface area contributed by atoms with Crippen LogP contribution >= 0.6 is 0 Å². The minimum atomic E-state index is -0.140. The van der Waals surface area contributed by atoms with Crippen LogP contribution in [0.5, 0.6) is 11.5 Å². The van der Waals surface area contributed by atoms with Gasteiger partial charge in [0.1, 0.15) is 11.5 Å². The van der Waals surface area contributed by atoms with Crippen LogP contribution in [0.4, 0.5) is 0 Å². The molecule has 2 aromatic rings.